The van der Waals surface area contributed by atoms with Gasteiger partial charge in [-0.25, -0.2) is 4.68 Å². The van der Waals surface area contributed by atoms with E-state index in [9.17, 15) is 9.59 Å². The lowest BCUT2D eigenvalue weighted by molar-refractivity contribution is 0.0740. The number of rotatable bonds is 3. The summed E-state index contributed by atoms with van der Waals surface area (Å²) < 4.78 is 6.77. The quantitative estimate of drug-likeness (QED) is 0.684. The van der Waals surface area contributed by atoms with Gasteiger partial charge in [0.15, 0.2) is 5.69 Å². The summed E-state index contributed by atoms with van der Waals surface area (Å²) in [5.74, 6) is 0.697. The highest BCUT2D eigenvalue weighted by atomic mass is 16.5. The predicted octanol–water partition coefficient (Wildman–Crippen LogP) is 2.21. The molecule has 0 N–H and O–H groups in total. The third kappa shape index (κ3) is 3.44. The van der Waals surface area contributed by atoms with Gasteiger partial charge in [0.05, 0.1) is 18.2 Å². The summed E-state index contributed by atoms with van der Waals surface area (Å²) >= 11 is 0. The van der Waals surface area contributed by atoms with Gasteiger partial charge in [-0.3, -0.25) is 9.59 Å². The number of fused-ring (bicyclic) bond motifs is 1. The van der Waals surface area contributed by atoms with Crippen LogP contribution in [0.15, 0.2) is 47.3 Å². The molecule has 2 heterocycles. The molecule has 7 nitrogen and oxygen atoms in total. The zero-order valence-electron chi connectivity index (χ0n) is 16.9. The summed E-state index contributed by atoms with van der Waals surface area (Å²) in [6, 6.07) is 13.3. The maximum Gasteiger partial charge on any atom is 0.275 e. The van der Waals surface area contributed by atoms with Gasteiger partial charge in [-0.05, 0) is 30.7 Å². The smallest absolute Gasteiger partial charge is 0.275 e. The van der Waals surface area contributed by atoms with E-state index >= 15 is 0 Å². The molecule has 2 aromatic carbocycles. The lowest BCUT2D eigenvalue weighted by atomic mass is 10.1. The second-order valence-corrected chi connectivity index (χ2v) is 7.28. The highest BCUT2D eigenvalue weighted by Gasteiger charge is 2.26. The Morgan fingerprint density at radius 1 is 1.03 bits per heavy atom. The molecule has 29 heavy (non-hydrogen) atoms. The second kappa shape index (κ2) is 7.58. The van der Waals surface area contributed by atoms with Crippen molar-refractivity contribution in [2.45, 2.75) is 6.92 Å². The molecule has 4 rings (SSSR count). The van der Waals surface area contributed by atoms with Gasteiger partial charge in [-0.1, -0.05) is 24.3 Å². The summed E-state index contributed by atoms with van der Waals surface area (Å²) in [7, 11) is 3.25. The minimum absolute atomic E-state index is 0.146. The lowest BCUT2D eigenvalue weighted by Crippen LogP contribution is -2.49. The van der Waals surface area contributed by atoms with Crippen molar-refractivity contribution in [2.75, 3.05) is 38.2 Å². The number of nitrogens with zero attached hydrogens (tertiary/aromatic N) is 4. The van der Waals surface area contributed by atoms with Gasteiger partial charge >= 0.3 is 0 Å². The Labute approximate surface area is 169 Å². The Morgan fingerprint density at radius 2 is 1.72 bits per heavy atom. The fourth-order valence-electron chi connectivity index (χ4n) is 3.80. The highest BCUT2D eigenvalue weighted by molar-refractivity contribution is 6.04. The fourth-order valence-corrected chi connectivity index (χ4v) is 3.80. The van der Waals surface area contributed by atoms with Crippen molar-refractivity contribution in [1.82, 2.24) is 14.7 Å². The molecule has 1 aromatic heterocycles. The van der Waals surface area contributed by atoms with Crippen LogP contribution in [0.4, 0.5) is 5.69 Å². The van der Waals surface area contributed by atoms with E-state index in [1.165, 1.54) is 4.68 Å². The van der Waals surface area contributed by atoms with Crippen molar-refractivity contribution in [2.24, 2.45) is 7.05 Å². The van der Waals surface area contributed by atoms with Crippen LogP contribution in [-0.4, -0.2) is 53.9 Å². The van der Waals surface area contributed by atoms with Gasteiger partial charge < -0.3 is 14.5 Å². The van der Waals surface area contributed by atoms with Crippen molar-refractivity contribution < 1.29 is 9.53 Å². The van der Waals surface area contributed by atoms with Crippen molar-refractivity contribution in [3.63, 3.8) is 0 Å². The number of methoxy groups -OCH3 is 1. The number of carbonyl (C=O) groups is 1. The Kier molecular flexibility index (Phi) is 4.96. The lowest BCUT2D eigenvalue weighted by Gasteiger charge is -2.36. The Morgan fingerprint density at radius 3 is 2.41 bits per heavy atom. The average Bonchev–Trinajstić information content (AvgIpc) is 2.76. The number of carbonyl (C=O) groups excluding carboxylic acids is 1. The molecular formula is C22H24N4O3. The van der Waals surface area contributed by atoms with Gasteiger partial charge in [0.1, 0.15) is 5.75 Å². The number of hydrogen-bond donors (Lipinski definition) is 0. The first-order valence-corrected chi connectivity index (χ1v) is 9.64. The number of piperazine rings is 1. The van der Waals surface area contributed by atoms with E-state index in [2.05, 4.69) is 22.1 Å². The summed E-state index contributed by atoms with van der Waals surface area (Å²) in [5, 5.41) is 5.38. The van der Waals surface area contributed by atoms with E-state index in [4.69, 9.17) is 4.74 Å². The second-order valence-electron chi connectivity index (χ2n) is 7.28. The van der Waals surface area contributed by atoms with E-state index in [0.29, 0.717) is 42.6 Å². The molecule has 1 amide bonds. The van der Waals surface area contributed by atoms with Crippen molar-refractivity contribution in [3.05, 3.63) is 64.1 Å². The van der Waals surface area contributed by atoms with Crippen LogP contribution in [-0.2, 0) is 7.05 Å². The number of anilines is 1. The molecule has 0 spiro atoms. The first kappa shape index (κ1) is 19.0. The van der Waals surface area contributed by atoms with Crippen molar-refractivity contribution in [1.29, 1.82) is 0 Å². The van der Waals surface area contributed by atoms with Crippen molar-refractivity contribution in [3.8, 4) is 5.75 Å². The number of amides is 1. The number of hydrogen-bond acceptors (Lipinski definition) is 5. The summed E-state index contributed by atoms with van der Waals surface area (Å²) in [4.78, 5) is 29.5. The van der Waals surface area contributed by atoms with Crippen LogP contribution >= 0.6 is 0 Å². The van der Waals surface area contributed by atoms with Gasteiger partial charge in [-0.2, -0.15) is 5.10 Å². The standard InChI is InChI=1S/C22H24N4O3/c1-15-8-9-18(19(14-15)29-3)25-10-12-26(13-11-25)22(28)20-16-6-4-5-7-17(16)21(27)24(2)23-20/h4-9,14H,10-13H2,1-3H3. The summed E-state index contributed by atoms with van der Waals surface area (Å²) in [5.41, 5.74) is 2.31. The molecule has 3 aromatic rings. The van der Waals surface area contributed by atoms with E-state index < -0.39 is 0 Å². The number of aromatic nitrogens is 2. The maximum absolute atomic E-state index is 13.2. The van der Waals surface area contributed by atoms with Crippen LogP contribution in [0.2, 0.25) is 0 Å². The first-order chi connectivity index (χ1) is 14.0. The van der Waals surface area contributed by atoms with Crippen LogP contribution in [0.25, 0.3) is 10.8 Å². The maximum atomic E-state index is 13.2. The summed E-state index contributed by atoms with van der Waals surface area (Å²) in [6.07, 6.45) is 0. The zero-order valence-corrected chi connectivity index (χ0v) is 16.9. The molecule has 0 unspecified atom stereocenters. The van der Waals surface area contributed by atoms with Crippen molar-refractivity contribution >= 4 is 22.4 Å². The number of ether oxygens (including phenoxy) is 1. The van der Waals surface area contributed by atoms with Gasteiger partial charge in [0, 0.05) is 38.6 Å². The van der Waals surface area contributed by atoms with Gasteiger partial charge in [-0.15, -0.1) is 0 Å². The third-order valence-corrected chi connectivity index (χ3v) is 5.40. The van der Waals surface area contributed by atoms with Crippen LogP contribution in [0.5, 0.6) is 5.75 Å². The molecule has 1 saturated heterocycles. The fraction of sp³-hybridized carbons (Fsp3) is 0.318. The minimum atomic E-state index is -0.201. The largest absolute Gasteiger partial charge is 0.495 e. The molecule has 0 saturated carbocycles. The molecule has 0 atom stereocenters. The summed E-state index contributed by atoms with van der Waals surface area (Å²) in [6.45, 7) is 4.60. The molecule has 7 heteroatoms. The van der Waals surface area contributed by atoms with Crippen LogP contribution < -0.4 is 15.2 Å². The Bertz CT molecular complexity index is 1130. The van der Waals surface area contributed by atoms with Crippen LogP contribution in [0.3, 0.4) is 0 Å². The SMILES string of the molecule is COc1cc(C)ccc1N1CCN(C(=O)c2nn(C)c(=O)c3ccccc23)CC1. The van der Waals surface area contributed by atoms with E-state index in [1.54, 1.807) is 37.3 Å². The van der Waals surface area contributed by atoms with Gasteiger partial charge in [0.2, 0.25) is 0 Å². The Balaban J connectivity index is 1.57. The molecule has 0 aliphatic carbocycles. The molecular weight excluding hydrogens is 368 g/mol. The molecule has 1 aliphatic heterocycles. The van der Waals surface area contributed by atoms with Crippen LogP contribution in [0.1, 0.15) is 16.1 Å². The molecule has 0 radical (unpaired) electrons. The highest BCUT2D eigenvalue weighted by Crippen LogP contribution is 2.30. The zero-order chi connectivity index (χ0) is 20.5. The van der Waals surface area contributed by atoms with Gasteiger partial charge in [0.25, 0.3) is 11.5 Å². The monoisotopic (exact) mass is 392 g/mol. The molecule has 1 aliphatic rings. The predicted molar refractivity (Wildman–Crippen MR) is 113 cm³/mol. The molecule has 0 bridgehead atoms. The topological polar surface area (TPSA) is 67.7 Å². The number of benzene rings is 2. The normalized spacial score (nSPS) is 14.3. The average molecular weight is 392 g/mol. The van der Waals surface area contributed by atoms with E-state index in [-0.39, 0.29) is 11.5 Å². The van der Waals surface area contributed by atoms with E-state index in [0.717, 1.165) is 17.0 Å². The number of aryl methyl sites for hydroxylation is 2. The van der Waals surface area contributed by atoms with E-state index in [1.807, 2.05) is 19.1 Å². The molecule has 150 valence electrons. The first-order valence-electron chi connectivity index (χ1n) is 9.64. The Hall–Kier alpha value is -3.35. The minimum Gasteiger partial charge on any atom is -0.495 e. The molecule has 1 fully saturated rings. The third-order valence-electron chi connectivity index (χ3n) is 5.40. The van der Waals surface area contributed by atoms with Crippen LogP contribution in [0, 0.1) is 6.92 Å².